The van der Waals surface area contributed by atoms with Crippen LogP contribution >= 0.6 is 0 Å². The number of rotatable bonds is 4. The summed E-state index contributed by atoms with van der Waals surface area (Å²) >= 11 is 0. The van der Waals surface area contributed by atoms with E-state index in [4.69, 9.17) is 5.26 Å². The van der Waals surface area contributed by atoms with E-state index in [9.17, 15) is 9.18 Å². The molecule has 29 heavy (non-hydrogen) atoms. The lowest BCUT2D eigenvalue weighted by molar-refractivity contribution is 0.0977. The van der Waals surface area contributed by atoms with E-state index in [1.165, 1.54) is 18.2 Å². The predicted molar refractivity (Wildman–Crippen MR) is 109 cm³/mol. The van der Waals surface area contributed by atoms with Crippen molar-refractivity contribution in [2.45, 2.75) is 19.9 Å². The Bertz CT molecular complexity index is 1080. The maximum absolute atomic E-state index is 13.1. The monoisotopic (exact) mass is 390 g/mol. The first-order valence-corrected chi connectivity index (χ1v) is 8.92. The van der Waals surface area contributed by atoms with Crippen LogP contribution in [0.15, 0.2) is 59.6 Å². The minimum Gasteiger partial charge on any atom is -0.309 e. The number of hydrogen-bond donors (Lipinski definition) is 3. The number of benzene rings is 2. The predicted octanol–water partition coefficient (Wildman–Crippen LogP) is 3.69. The minimum atomic E-state index is -0.400. The topological polar surface area (TPSA) is 106 Å². The molecule has 2 aromatic carbocycles. The lowest BCUT2D eigenvalue weighted by Crippen LogP contribution is -2.36. The number of H-pyrrole nitrogens is 1. The van der Waals surface area contributed by atoms with E-state index < -0.39 is 5.91 Å². The number of guanidine groups is 1. The Kier molecular flexibility index (Phi) is 6.00. The number of nitrogens with zero attached hydrogens (tertiary/aromatic N) is 3. The van der Waals surface area contributed by atoms with E-state index in [0.717, 1.165) is 5.56 Å². The van der Waals surface area contributed by atoms with Crippen LogP contribution in [0.2, 0.25) is 0 Å². The Morgan fingerprint density at radius 2 is 1.97 bits per heavy atom. The average Bonchev–Trinajstić information content (AvgIpc) is 3.16. The molecular weight excluding hydrogens is 371 g/mol. The van der Waals surface area contributed by atoms with Crippen molar-refractivity contribution in [3.8, 4) is 17.3 Å². The van der Waals surface area contributed by atoms with Gasteiger partial charge in [-0.2, -0.15) is 10.4 Å². The van der Waals surface area contributed by atoms with Crippen LogP contribution in [0.5, 0.6) is 0 Å². The molecule has 0 aliphatic heterocycles. The van der Waals surface area contributed by atoms with Crippen molar-refractivity contribution in [3.63, 3.8) is 0 Å². The van der Waals surface area contributed by atoms with E-state index in [0.29, 0.717) is 22.6 Å². The zero-order valence-electron chi connectivity index (χ0n) is 15.9. The van der Waals surface area contributed by atoms with E-state index in [1.807, 2.05) is 19.9 Å². The molecule has 146 valence electrons. The van der Waals surface area contributed by atoms with Crippen LogP contribution in [0.25, 0.3) is 11.3 Å². The van der Waals surface area contributed by atoms with Crippen LogP contribution in [0, 0.1) is 17.1 Å². The zero-order chi connectivity index (χ0) is 20.8. The molecule has 1 heterocycles. The number of carbonyl (C=O) groups excluding carboxylic acids is 1. The average molecular weight is 390 g/mol. The number of aliphatic imine (C=N–C) groups is 1. The summed E-state index contributed by atoms with van der Waals surface area (Å²) < 4.78 is 13.1. The Labute approximate surface area is 167 Å². The summed E-state index contributed by atoms with van der Waals surface area (Å²) in [7, 11) is 0. The van der Waals surface area contributed by atoms with Crippen LogP contribution in [0.1, 0.15) is 29.8 Å². The van der Waals surface area contributed by atoms with E-state index in [2.05, 4.69) is 25.8 Å². The second-order valence-corrected chi connectivity index (χ2v) is 6.52. The second kappa shape index (κ2) is 8.80. The van der Waals surface area contributed by atoms with Gasteiger partial charge in [0, 0.05) is 17.7 Å². The molecule has 1 amide bonds. The van der Waals surface area contributed by atoms with Crippen LogP contribution in [-0.2, 0) is 0 Å². The van der Waals surface area contributed by atoms with Crippen molar-refractivity contribution in [3.05, 3.63) is 71.5 Å². The van der Waals surface area contributed by atoms with Crippen LogP contribution in [0.4, 0.5) is 10.2 Å². The highest BCUT2D eigenvalue weighted by Gasteiger charge is 2.12. The Morgan fingerprint density at radius 3 is 2.66 bits per heavy atom. The molecule has 1 aromatic heterocycles. The van der Waals surface area contributed by atoms with Gasteiger partial charge in [-0.25, -0.2) is 9.38 Å². The fourth-order valence-corrected chi connectivity index (χ4v) is 2.55. The van der Waals surface area contributed by atoms with Crippen molar-refractivity contribution < 1.29 is 9.18 Å². The van der Waals surface area contributed by atoms with Gasteiger partial charge in [-0.3, -0.25) is 15.2 Å². The normalized spacial score (nSPS) is 11.2. The Morgan fingerprint density at radius 1 is 1.21 bits per heavy atom. The molecule has 0 aliphatic rings. The number of hydrogen-bond acceptors (Lipinski definition) is 4. The van der Waals surface area contributed by atoms with Gasteiger partial charge in [0.05, 0.1) is 17.3 Å². The van der Waals surface area contributed by atoms with Crippen molar-refractivity contribution in [1.29, 1.82) is 5.26 Å². The van der Waals surface area contributed by atoms with Gasteiger partial charge >= 0.3 is 0 Å². The number of nitriles is 1. The van der Waals surface area contributed by atoms with Gasteiger partial charge in [-0.1, -0.05) is 6.07 Å². The van der Waals surface area contributed by atoms with Gasteiger partial charge in [0.15, 0.2) is 5.82 Å². The number of aromatic amines is 1. The van der Waals surface area contributed by atoms with Crippen molar-refractivity contribution in [1.82, 2.24) is 15.5 Å². The molecular formula is C21H19FN6O. The molecule has 8 heteroatoms. The van der Waals surface area contributed by atoms with Gasteiger partial charge in [0.2, 0.25) is 5.96 Å². The van der Waals surface area contributed by atoms with Gasteiger partial charge < -0.3 is 5.32 Å². The third-order valence-electron chi connectivity index (χ3n) is 3.85. The number of amides is 1. The summed E-state index contributed by atoms with van der Waals surface area (Å²) in [5.74, 6) is -0.0521. The van der Waals surface area contributed by atoms with Crippen LogP contribution in [0.3, 0.4) is 0 Å². The summed E-state index contributed by atoms with van der Waals surface area (Å²) in [5.41, 5.74) is 2.19. The molecule has 3 aromatic rings. The van der Waals surface area contributed by atoms with Crippen LogP contribution in [-0.4, -0.2) is 28.1 Å². The minimum absolute atomic E-state index is 0.0845. The summed E-state index contributed by atoms with van der Waals surface area (Å²) in [4.78, 5) is 16.9. The molecule has 0 radical (unpaired) electrons. The lowest BCUT2D eigenvalue weighted by Gasteiger charge is -2.11. The maximum Gasteiger partial charge on any atom is 0.258 e. The fourth-order valence-electron chi connectivity index (χ4n) is 2.55. The van der Waals surface area contributed by atoms with Crippen molar-refractivity contribution in [2.24, 2.45) is 4.99 Å². The van der Waals surface area contributed by atoms with Crippen molar-refractivity contribution in [2.75, 3.05) is 5.32 Å². The molecule has 7 nitrogen and oxygen atoms in total. The SMILES string of the molecule is CC(C)N=C(NC(=O)c1cccc(C#N)c1)Nc1cc(-c2ccc(F)cc2)[nH]n1. The number of halogens is 1. The highest BCUT2D eigenvalue weighted by molar-refractivity contribution is 6.09. The van der Waals surface area contributed by atoms with Crippen LogP contribution < -0.4 is 10.6 Å². The van der Waals surface area contributed by atoms with Gasteiger partial charge in [-0.05, 0) is 61.9 Å². The number of nitrogens with one attached hydrogen (secondary N) is 3. The molecule has 0 atom stereocenters. The fraction of sp³-hybridized carbons (Fsp3) is 0.143. The number of carbonyl (C=O) groups is 1. The molecule has 3 rings (SSSR count). The first kappa shape index (κ1) is 19.8. The smallest absolute Gasteiger partial charge is 0.258 e. The number of aromatic nitrogens is 2. The third-order valence-corrected chi connectivity index (χ3v) is 3.85. The van der Waals surface area contributed by atoms with E-state index >= 15 is 0 Å². The highest BCUT2D eigenvalue weighted by Crippen LogP contribution is 2.20. The highest BCUT2D eigenvalue weighted by atomic mass is 19.1. The molecule has 0 aliphatic carbocycles. The molecule has 0 saturated heterocycles. The van der Waals surface area contributed by atoms with E-state index in [-0.39, 0.29) is 17.8 Å². The summed E-state index contributed by atoms with van der Waals surface area (Å²) in [6, 6.07) is 16.0. The van der Waals surface area contributed by atoms with Gasteiger partial charge in [-0.15, -0.1) is 0 Å². The number of anilines is 1. The van der Waals surface area contributed by atoms with Gasteiger partial charge in [0.25, 0.3) is 5.91 Å². The quantitative estimate of drug-likeness (QED) is 0.466. The molecule has 0 bridgehead atoms. The molecule has 3 N–H and O–H groups in total. The maximum atomic E-state index is 13.1. The Hall–Kier alpha value is -3.99. The summed E-state index contributed by atoms with van der Waals surface area (Å²) in [5, 5.41) is 21.7. The van der Waals surface area contributed by atoms with Crippen molar-refractivity contribution >= 4 is 17.7 Å². The largest absolute Gasteiger partial charge is 0.309 e. The Balaban J connectivity index is 1.77. The molecule has 0 saturated carbocycles. The van der Waals surface area contributed by atoms with E-state index in [1.54, 1.807) is 36.4 Å². The summed E-state index contributed by atoms with van der Waals surface area (Å²) in [6.45, 7) is 3.75. The first-order valence-electron chi connectivity index (χ1n) is 8.92. The zero-order valence-corrected chi connectivity index (χ0v) is 15.9. The summed E-state index contributed by atoms with van der Waals surface area (Å²) in [6.07, 6.45) is 0. The first-order chi connectivity index (χ1) is 13.9. The van der Waals surface area contributed by atoms with Gasteiger partial charge in [0.1, 0.15) is 5.82 Å². The molecule has 0 unspecified atom stereocenters. The molecule has 0 spiro atoms. The molecule has 0 fully saturated rings. The standard InChI is InChI=1S/C21H19FN6O/c1-13(2)24-21(26-20(29)16-5-3-4-14(10-16)12-23)25-19-11-18(27-28-19)15-6-8-17(22)9-7-15/h3-11,13H,1-2H3,(H3,24,25,26,27,28,29). The third kappa shape index (κ3) is 5.26. The second-order valence-electron chi connectivity index (χ2n) is 6.52. The lowest BCUT2D eigenvalue weighted by atomic mass is 10.1.